The van der Waals surface area contributed by atoms with E-state index in [1.165, 1.54) is 55.0 Å². The predicted molar refractivity (Wildman–Crippen MR) is 160 cm³/mol. The molecule has 5 aliphatic rings. The van der Waals surface area contributed by atoms with Gasteiger partial charge in [-0.25, -0.2) is 0 Å². The Hall–Kier alpha value is -2.93. The molecule has 1 heterocycles. The van der Waals surface area contributed by atoms with Gasteiger partial charge >= 0.3 is 6.48 Å². The molecule has 4 bridgehead atoms. The lowest BCUT2D eigenvalue weighted by Gasteiger charge is -2.57. The fourth-order valence-electron chi connectivity index (χ4n) is 8.84. The van der Waals surface area contributed by atoms with Crippen LogP contribution in [0.4, 0.5) is 0 Å². The van der Waals surface area contributed by atoms with Crippen LogP contribution in [-0.2, 0) is 14.9 Å². The number of fused-ring (bicyclic) bond motifs is 1. The summed E-state index contributed by atoms with van der Waals surface area (Å²) < 4.78 is 17.8. The second-order valence-electron chi connectivity index (χ2n) is 12.8. The zero-order chi connectivity index (χ0) is 28.0. The summed E-state index contributed by atoms with van der Waals surface area (Å²) in [5, 5.41) is 5.87. The van der Waals surface area contributed by atoms with Gasteiger partial charge in [0.05, 0.1) is 12.6 Å². The maximum atomic E-state index is 13.5. The Balaban J connectivity index is 1.28. The van der Waals surface area contributed by atoms with E-state index in [1.807, 2.05) is 42.2 Å². The molecule has 4 saturated carbocycles. The molecule has 2 atom stereocenters. The lowest BCUT2D eigenvalue weighted by molar-refractivity contribution is -0.231. The molecular formula is C35H42N2O4. The van der Waals surface area contributed by atoms with Crippen LogP contribution in [-0.4, -0.2) is 50.6 Å². The fraction of sp³-hybridized carbons (Fsp3) is 0.514. The molecule has 8 rings (SSSR count). The number of benzene rings is 3. The average Bonchev–Trinajstić information content (AvgIpc) is 2.99. The number of ether oxygens (including phenoxy) is 3. The van der Waals surface area contributed by atoms with E-state index in [1.54, 1.807) is 7.11 Å². The number of hydrogen-bond donors (Lipinski definition) is 1. The molecule has 0 spiro atoms. The first-order valence-electron chi connectivity index (χ1n) is 15.5. The molecule has 5 fully saturated rings. The van der Waals surface area contributed by atoms with E-state index in [2.05, 4.69) is 35.6 Å². The van der Waals surface area contributed by atoms with Crippen molar-refractivity contribution in [1.82, 2.24) is 10.2 Å². The van der Waals surface area contributed by atoms with E-state index in [9.17, 15) is 4.79 Å². The molecule has 4 aliphatic carbocycles. The quantitative estimate of drug-likeness (QED) is 0.325. The number of nitrogens with zero attached hydrogens (tertiary/aromatic N) is 1. The smallest absolute Gasteiger partial charge is 0.315 e. The lowest BCUT2D eigenvalue weighted by Crippen LogP contribution is -2.49. The van der Waals surface area contributed by atoms with Crippen molar-refractivity contribution in [3.63, 3.8) is 0 Å². The number of rotatable bonds is 8. The molecule has 0 radical (unpaired) electrons. The second kappa shape index (κ2) is 11.0. The van der Waals surface area contributed by atoms with Crippen LogP contribution in [0.15, 0.2) is 60.7 Å². The predicted octanol–water partition coefficient (Wildman–Crippen LogP) is 6.44. The van der Waals surface area contributed by atoms with Crippen LogP contribution in [0.2, 0.25) is 0 Å². The molecule has 3 aromatic carbocycles. The highest BCUT2D eigenvalue weighted by atomic mass is 16.8. The molecule has 1 saturated heterocycles. The number of methoxy groups -OCH3 is 1. The minimum absolute atomic E-state index is 0.0180. The molecule has 2 unspecified atom stereocenters. The molecule has 41 heavy (non-hydrogen) atoms. The highest BCUT2D eigenvalue weighted by Gasteiger charge is 2.52. The Labute approximate surface area is 243 Å². The van der Waals surface area contributed by atoms with Gasteiger partial charge in [-0.3, -0.25) is 4.79 Å². The molecule has 216 valence electrons. The van der Waals surface area contributed by atoms with Crippen molar-refractivity contribution in [2.24, 2.45) is 17.8 Å². The van der Waals surface area contributed by atoms with Gasteiger partial charge in [-0.15, -0.1) is 0 Å². The standard InChI is InChI=1S/C35H42N2O4/c1-3-40-34(39-2)41-32-18-27-9-10-28(31-22-36-11-12-37(31)33(38)26-7-5-4-6-8-26)16-29(27)17-30(32)35-19-23-13-24(20-35)15-25(14-23)21-35/h4-10,16-18,23-25,31,34,36H,3,11-15,19-22H2,1-2H3. The zero-order valence-corrected chi connectivity index (χ0v) is 24.3. The van der Waals surface area contributed by atoms with Crippen LogP contribution in [0, 0.1) is 17.8 Å². The van der Waals surface area contributed by atoms with Gasteiger partial charge in [-0.05, 0) is 115 Å². The fourth-order valence-corrected chi connectivity index (χ4v) is 8.84. The van der Waals surface area contributed by atoms with E-state index in [0.717, 1.165) is 47.5 Å². The van der Waals surface area contributed by atoms with Crippen LogP contribution in [0.3, 0.4) is 0 Å². The largest absolute Gasteiger partial charge is 0.441 e. The number of piperazine rings is 1. The number of amides is 1. The van der Waals surface area contributed by atoms with Crippen molar-refractivity contribution in [2.75, 3.05) is 33.4 Å². The molecule has 1 N–H and O–H groups in total. The maximum absolute atomic E-state index is 13.5. The van der Waals surface area contributed by atoms with E-state index < -0.39 is 6.48 Å². The third-order valence-corrected chi connectivity index (χ3v) is 10.2. The van der Waals surface area contributed by atoms with E-state index in [4.69, 9.17) is 14.2 Å². The highest BCUT2D eigenvalue weighted by Crippen LogP contribution is 2.62. The summed E-state index contributed by atoms with van der Waals surface area (Å²) in [5.41, 5.74) is 3.39. The van der Waals surface area contributed by atoms with Crippen molar-refractivity contribution >= 4 is 16.7 Å². The van der Waals surface area contributed by atoms with Crippen LogP contribution in [0.25, 0.3) is 10.8 Å². The van der Waals surface area contributed by atoms with Gasteiger partial charge in [0.15, 0.2) is 0 Å². The molecule has 1 aliphatic heterocycles. The topological polar surface area (TPSA) is 60.0 Å². The van der Waals surface area contributed by atoms with Crippen molar-refractivity contribution < 1.29 is 19.0 Å². The first kappa shape index (κ1) is 26.9. The van der Waals surface area contributed by atoms with Crippen molar-refractivity contribution in [1.29, 1.82) is 0 Å². The van der Waals surface area contributed by atoms with Crippen molar-refractivity contribution in [2.45, 2.75) is 63.4 Å². The Morgan fingerprint density at radius 3 is 2.39 bits per heavy atom. The van der Waals surface area contributed by atoms with Crippen LogP contribution < -0.4 is 10.1 Å². The Morgan fingerprint density at radius 1 is 0.976 bits per heavy atom. The minimum atomic E-state index is -0.727. The summed E-state index contributed by atoms with van der Waals surface area (Å²) >= 11 is 0. The lowest BCUT2D eigenvalue weighted by atomic mass is 9.48. The second-order valence-corrected chi connectivity index (χ2v) is 12.8. The number of hydrogen-bond acceptors (Lipinski definition) is 5. The summed E-state index contributed by atoms with van der Waals surface area (Å²) in [6.45, 7) is 4.00. The van der Waals surface area contributed by atoms with E-state index >= 15 is 0 Å². The van der Waals surface area contributed by atoms with Crippen molar-refractivity contribution in [3.8, 4) is 5.75 Å². The summed E-state index contributed by atoms with van der Waals surface area (Å²) in [4.78, 5) is 15.6. The monoisotopic (exact) mass is 554 g/mol. The van der Waals surface area contributed by atoms with Crippen molar-refractivity contribution in [3.05, 3.63) is 77.4 Å². The van der Waals surface area contributed by atoms with Gasteiger partial charge in [0, 0.05) is 37.9 Å². The first-order valence-corrected chi connectivity index (χ1v) is 15.5. The number of nitrogens with one attached hydrogen (secondary N) is 1. The van der Waals surface area contributed by atoms with Crippen LogP contribution >= 0.6 is 0 Å². The van der Waals surface area contributed by atoms with E-state index in [0.29, 0.717) is 13.2 Å². The maximum Gasteiger partial charge on any atom is 0.315 e. The normalized spacial score (nSPS) is 29.6. The van der Waals surface area contributed by atoms with Gasteiger partial charge in [-0.2, -0.15) is 0 Å². The summed E-state index contributed by atoms with van der Waals surface area (Å²) in [7, 11) is 1.64. The summed E-state index contributed by atoms with van der Waals surface area (Å²) in [6, 6.07) is 20.9. The van der Waals surface area contributed by atoms with Gasteiger partial charge in [0.25, 0.3) is 5.91 Å². The Bertz CT molecular complexity index is 1370. The molecule has 1 amide bonds. The zero-order valence-electron chi connectivity index (χ0n) is 24.3. The van der Waals surface area contributed by atoms with Crippen LogP contribution in [0.1, 0.15) is 73.0 Å². The summed E-state index contributed by atoms with van der Waals surface area (Å²) in [5.74, 6) is 3.47. The van der Waals surface area contributed by atoms with Gasteiger partial charge in [-0.1, -0.05) is 30.3 Å². The van der Waals surface area contributed by atoms with Crippen LogP contribution in [0.5, 0.6) is 5.75 Å². The Kier molecular flexibility index (Phi) is 7.26. The third-order valence-electron chi connectivity index (χ3n) is 10.2. The minimum Gasteiger partial charge on any atom is -0.441 e. The van der Waals surface area contributed by atoms with Gasteiger partial charge < -0.3 is 24.4 Å². The molecule has 0 aromatic heterocycles. The van der Waals surface area contributed by atoms with Gasteiger partial charge in [0.1, 0.15) is 5.75 Å². The summed E-state index contributed by atoms with van der Waals surface area (Å²) in [6.07, 6.45) is 7.93. The highest BCUT2D eigenvalue weighted by molar-refractivity contribution is 5.94. The average molecular weight is 555 g/mol. The first-order chi connectivity index (χ1) is 20.0. The molecule has 3 aromatic rings. The number of carbonyl (C=O) groups excluding carboxylic acids is 1. The Morgan fingerprint density at radius 2 is 1.71 bits per heavy atom. The van der Waals surface area contributed by atoms with E-state index in [-0.39, 0.29) is 17.4 Å². The SMILES string of the molecule is CCOC(OC)Oc1cc2ccc(C3CNCCN3C(=O)c3ccccc3)cc2cc1C12CC3CC(CC(C3)C1)C2. The third kappa shape index (κ3) is 5.04. The molecule has 6 heteroatoms. The molecular weight excluding hydrogens is 512 g/mol. The molecule has 6 nitrogen and oxygen atoms in total. The van der Waals surface area contributed by atoms with Gasteiger partial charge in [0.2, 0.25) is 0 Å². The number of carbonyl (C=O) groups is 1.